The summed E-state index contributed by atoms with van der Waals surface area (Å²) < 4.78 is 11.8. The van der Waals surface area contributed by atoms with E-state index in [2.05, 4.69) is 278 Å². The molecule has 0 N–H and O–H groups in total. The van der Waals surface area contributed by atoms with Crippen molar-refractivity contribution in [1.29, 1.82) is 0 Å². The minimum atomic E-state index is -0.219. The summed E-state index contributed by atoms with van der Waals surface area (Å²) in [6.07, 6.45) is 0. The van der Waals surface area contributed by atoms with Crippen LogP contribution in [0.2, 0.25) is 0 Å². The van der Waals surface area contributed by atoms with Crippen LogP contribution in [0.4, 0.5) is 34.1 Å². The molecule has 0 saturated carbocycles. The van der Waals surface area contributed by atoms with Crippen LogP contribution in [0, 0.1) is 0 Å². The monoisotopic (exact) mass is 1060 g/mol. The van der Waals surface area contributed by atoms with Gasteiger partial charge in [0.25, 0.3) is 0 Å². The second-order valence-corrected chi connectivity index (χ2v) is 24.0. The third-order valence-electron chi connectivity index (χ3n) is 17.2. The highest BCUT2D eigenvalue weighted by molar-refractivity contribution is 7.26. The van der Waals surface area contributed by atoms with Crippen molar-refractivity contribution in [2.24, 2.45) is 0 Å². The first-order valence-corrected chi connectivity index (χ1v) is 29.1. The number of benzene rings is 13. The van der Waals surface area contributed by atoms with Gasteiger partial charge in [-0.25, -0.2) is 0 Å². The lowest BCUT2D eigenvalue weighted by molar-refractivity contribution is 0.660. The predicted octanol–water partition coefficient (Wildman–Crippen LogP) is 22.7. The maximum atomic E-state index is 6.78. The van der Waals surface area contributed by atoms with Crippen LogP contribution < -0.4 is 9.80 Å². The summed E-state index contributed by atoms with van der Waals surface area (Å²) in [6, 6.07) is 95.0. The molecule has 1 aliphatic carbocycles. The van der Waals surface area contributed by atoms with Gasteiger partial charge in [-0.3, -0.25) is 0 Å². The molecule has 0 unspecified atom stereocenters. The quantitative estimate of drug-likeness (QED) is 0.148. The second kappa shape index (κ2) is 17.2. The van der Waals surface area contributed by atoms with Crippen molar-refractivity contribution in [2.75, 3.05) is 9.80 Å². The molecule has 0 fully saturated rings. The number of furan rings is 1. The number of anilines is 6. The zero-order chi connectivity index (χ0) is 52.8. The summed E-state index contributed by atoms with van der Waals surface area (Å²) in [5.74, 6) is 0. The van der Waals surface area contributed by atoms with E-state index in [0.717, 1.165) is 67.2 Å². The highest BCUT2D eigenvalue weighted by atomic mass is 32.1. The Morgan fingerprint density at radius 2 is 0.850 bits per heavy atom. The molecule has 3 nitrogen and oxygen atoms in total. The molecule has 5 heteroatoms. The molecule has 3 aromatic heterocycles. The third-order valence-corrected chi connectivity index (χ3v) is 19.5. The Balaban J connectivity index is 1.04. The van der Waals surface area contributed by atoms with Gasteiger partial charge < -0.3 is 14.2 Å². The molecule has 1 aliphatic rings. The van der Waals surface area contributed by atoms with Crippen molar-refractivity contribution < 1.29 is 4.42 Å². The molecular formula is C75H48N2OS2. The zero-order valence-corrected chi connectivity index (χ0v) is 45.5. The highest BCUT2D eigenvalue weighted by Gasteiger charge is 2.39. The molecule has 0 radical (unpaired) electrons. The van der Waals surface area contributed by atoms with Gasteiger partial charge in [0.05, 0.1) is 39.5 Å². The normalized spacial score (nSPS) is 13.0. The number of fused-ring (bicyclic) bond motifs is 16. The lowest BCUT2D eigenvalue weighted by Crippen LogP contribution is -2.17. The van der Waals surface area contributed by atoms with Crippen LogP contribution in [0.15, 0.2) is 259 Å². The molecule has 0 aliphatic heterocycles. The van der Waals surface area contributed by atoms with Crippen LogP contribution >= 0.6 is 22.7 Å². The first-order chi connectivity index (χ1) is 39.4. The van der Waals surface area contributed by atoms with Crippen molar-refractivity contribution in [2.45, 2.75) is 19.3 Å². The SMILES string of the molecule is CC1(C)c2ccccc2-c2c(N(c3cccc(N(c4cccc5oc6ccccc6c45)c4cccc5sc6ccccc6c45)c3-c3ccc4sc5cc6c(ccc7ccccc76)cc5c4c3)c3cccc4ccccc34)cccc21. The summed E-state index contributed by atoms with van der Waals surface area (Å²) in [6.45, 7) is 4.77. The molecule has 17 rings (SSSR count). The summed E-state index contributed by atoms with van der Waals surface area (Å²) in [5.41, 5.74) is 15.4. The topological polar surface area (TPSA) is 19.6 Å². The first-order valence-electron chi connectivity index (χ1n) is 27.5. The van der Waals surface area contributed by atoms with Gasteiger partial charge in [0.2, 0.25) is 0 Å². The van der Waals surface area contributed by atoms with Gasteiger partial charge in [-0.1, -0.05) is 184 Å². The van der Waals surface area contributed by atoms with E-state index in [1.165, 1.54) is 94.9 Å². The molecule has 0 atom stereocenters. The smallest absolute Gasteiger partial charge is 0.137 e. The largest absolute Gasteiger partial charge is 0.456 e. The Morgan fingerprint density at radius 3 is 1.71 bits per heavy atom. The van der Waals surface area contributed by atoms with Crippen molar-refractivity contribution in [3.63, 3.8) is 0 Å². The van der Waals surface area contributed by atoms with Crippen LogP contribution in [0.3, 0.4) is 0 Å². The van der Waals surface area contributed by atoms with Gasteiger partial charge >= 0.3 is 0 Å². The Bertz CT molecular complexity index is 5150. The Morgan fingerprint density at radius 1 is 0.312 bits per heavy atom. The van der Waals surface area contributed by atoms with E-state index >= 15 is 0 Å². The van der Waals surface area contributed by atoms with E-state index in [9.17, 15) is 0 Å². The molecule has 0 bridgehead atoms. The van der Waals surface area contributed by atoms with Gasteiger partial charge in [0, 0.05) is 67.7 Å². The summed E-state index contributed by atoms with van der Waals surface area (Å²) in [4.78, 5) is 5.16. The van der Waals surface area contributed by atoms with Crippen LogP contribution in [0.5, 0.6) is 0 Å². The molecule has 0 saturated heterocycles. The molecule has 80 heavy (non-hydrogen) atoms. The van der Waals surface area contributed by atoms with E-state index in [1.807, 2.05) is 22.7 Å². The van der Waals surface area contributed by atoms with Crippen LogP contribution in [0.25, 0.3) is 117 Å². The molecule has 376 valence electrons. The fourth-order valence-electron chi connectivity index (χ4n) is 13.6. The lowest BCUT2D eigenvalue weighted by Gasteiger charge is -2.35. The molecule has 0 amide bonds. The number of rotatable bonds is 7. The summed E-state index contributed by atoms with van der Waals surface area (Å²) in [7, 11) is 0. The fourth-order valence-corrected chi connectivity index (χ4v) is 15.9. The number of nitrogens with zero attached hydrogens (tertiary/aromatic N) is 2. The average Bonchev–Trinajstić information content (AvgIpc) is 4.36. The molecule has 13 aromatic carbocycles. The Hall–Kier alpha value is -9.52. The lowest BCUT2D eigenvalue weighted by atomic mass is 9.82. The fraction of sp³-hybridized carbons (Fsp3) is 0.0400. The van der Waals surface area contributed by atoms with E-state index < -0.39 is 0 Å². The Labute approximate surface area is 470 Å². The van der Waals surface area contributed by atoms with E-state index in [1.54, 1.807) is 0 Å². The van der Waals surface area contributed by atoms with E-state index in [-0.39, 0.29) is 5.41 Å². The van der Waals surface area contributed by atoms with Crippen LogP contribution in [-0.4, -0.2) is 0 Å². The van der Waals surface area contributed by atoms with Crippen LogP contribution in [0.1, 0.15) is 25.0 Å². The van der Waals surface area contributed by atoms with Gasteiger partial charge in [0.1, 0.15) is 11.2 Å². The third kappa shape index (κ3) is 6.59. The van der Waals surface area contributed by atoms with E-state index in [0.29, 0.717) is 0 Å². The van der Waals surface area contributed by atoms with Gasteiger partial charge in [-0.15, -0.1) is 22.7 Å². The standard InChI is InChI=1S/C75H48N2OS2/c1-75(2)57-26-10-7-23-51(57)72-58(75)27-14-29-62(72)76(59-28-13-20-45-18-4-6-22-50(45)59)60-30-15-31-61(71(60)48-40-41-68-55(43-48)56-42-47-39-38-46-19-3-5-21-49(46)54(47)44-70(56)80-68)77(63-32-16-35-66-73(63)52-24-8-11-34-65(52)78-66)64-33-17-37-69-74(64)53-25-9-12-36-67(53)79-69/h3-44H,1-2H3. The number of hydrogen-bond acceptors (Lipinski definition) is 5. The zero-order valence-electron chi connectivity index (χ0n) is 43.9. The number of para-hydroxylation sites is 1. The van der Waals surface area contributed by atoms with E-state index in [4.69, 9.17) is 4.42 Å². The first kappa shape index (κ1) is 45.5. The Kier molecular flexibility index (Phi) is 9.80. The van der Waals surface area contributed by atoms with Crippen molar-refractivity contribution in [3.8, 4) is 22.3 Å². The van der Waals surface area contributed by atoms with Crippen molar-refractivity contribution in [1.82, 2.24) is 0 Å². The van der Waals surface area contributed by atoms with Gasteiger partial charge in [-0.05, 0) is 134 Å². The minimum absolute atomic E-state index is 0.219. The van der Waals surface area contributed by atoms with Gasteiger partial charge in [0.15, 0.2) is 0 Å². The summed E-state index contributed by atoms with van der Waals surface area (Å²) >= 11 is 3.74. The number of thiophene rings is 2. The predicted molar refractivity (Wildman–Crippen MR) is 344 cm³/mol. The highest BCUT2D eigenvalue weighted by Crippen LogP contribution is 2.58. The van der Waals surface area contributed by atoms with Gasteiger partial charge in [-0.2, -0.15) is 0 Å². The maximum Gasteiger partial charge on any atom is 0.137 e. The van der Waals surface area contributed by atoms with Crippen molar-refractivity contribution >= 4 is 151 Å². The number of hydrogen-bond donors (Lipinski definition) is 0. The molecular weight excluding hydrogens is 1010 g/mol. The van der Waals surface area contributed by atoms with Crippen LogP contribution in [-0.2, 0) is 5.41 Å². The molecule has 3 heterocycles. The summed E-state index contributed by atoms with van der Waals surface area (Å²) in [5, 5.41) is 14.5. The second-order valence-electron chi connectivity index (χ2n) is 21.9. The maximum absolute atomic E-state index is 6.78. The average molecular weight is 1060 g/mol. The minimum Gasteiger partial charge on any atom is -0.456 e. The molecule has 0 spiro atoms. The molecule has 16 aromatic rings. The van der Waals surface area contributed by atoms with Crippen molar-refractivity contribution in [3.05, 3.63) is 266 Å².